The molecule has 2 heterocycles. The highest BCUT2D eigenvalue weighted by Gasteiger charge is 1.96. The highest BCUT2D eigenvalue weighted by Crippen LogP contribution is 2.11. The molecule has 6 heteroatoms. The predicted molar refractivity (Wildman–Crippen MR) is 65.9 cm³/mol. The highest BCUT2D eigenvalue weighted by atomic mass is 35.5. The average molecular weight is 241 g/mol. The molecule has 2 rings (SSSR count). The van der Waals surface area contributed by atoms with E-state index in [1.54, 1.807) is 18.6 Å². The molecule has 0 saturated heterocycles. The molecule has 0 unspecified atom stereocenters. The summed E-state index contributed by atoms with van der Waals surface area (Å²) < 4.78 is 0. The Hall–Kier alpha value is -1.59. The van der Waals surface area contributed by atoms with Crippen LogP contribution in [0.2, 0.25) is 0 Å². The SMILES string of the molecule is Cl.NCCON=Cc1cc2ccncc2[nH]1. The summed E-state index contributed by atoms with van der Waals surface area (Å²) in [6, 6.07) is 3.91. The number of pyridine rings is 1. The fraction of sp³-hybridized carbons (Fsp3) is 0.200. The van der Waals surface area contributed by atoms with Gasteiger partial charge in [0.15, 0.2) is 0 Å². The van der Waals surface area contributed by atoms with Gasteiger partial charge in [-0.15, -0.1) is 12.4 Å². The number of aromatic amines is 1. The lowest BCUT2D eigenvalue weighted by Gasteiger charge is -1.92. The van der Waals surface area contributed by atoms with E-state index in [4.69, 9.17) is 10.6 Å². The second-order valence-corrected chi connectivity index (χ2v) is 3.04. The van der Waals surface area contributed by atoms with E-state index >= 15 is 0 Å². The summed E-state index contributed by atoms with van der Waals surface area (Å²) in [5.41, 5.74) is 7.12. The normalized spacial score (nSPS) is 10.6. The second kappa shape index (κ2) is 6.09. The zero-order valence-corrected chi connectivity index (χ0v) is 9.41. The highest BCUT2D eigenvalue weighted by molar-refractivity contribution is 5.88. The van der Waals surface area contributed by atoms with Crippen LogP contribution in [0.4, 0.5) is 0 Å². The number of fused-ring (bicyclic) bond motifs is 1. The Morgan fingerprint density at radius 3 is 3.19 bits per heavy atom. The van der Waals surface area contributed by atoms with Gasteiger partial charge in [0.05, 0.1) is 23.6 Å². The van der Waals surface area contributed by atoms with Crippen molar-refractivity contribution < 1.29 is 4.84 Å². The minimum atomic E-state index is 0. The van der Waals surface area contributed by atoms with Gasteiger partial charge in [-0.25, -0.2) is 0 Å². The molecule has 0 aliphatic rings. The van der Waals surface area contributed by atoms with Crippen LogP contribution in [0.25, 0.3) is 10.9 Å². The summed E-state index contributed by atoms with van der Waals surface area (Å²) in [5.74, 6) is 0. The molecule has 0 radical (unpaired) electrons. The molecule has 0 spiro atoms. The van der Waals surface area contributed by atoms with Crippen LogP contribution in [-0.2, 0) is 4.84 Å². The molecule has 0 bridgehead atoms. The third-order valence-corrected chi connectivity index (χ3v) is 1.92. The van der Waals surface area contributed by atoms with Crippen LogP contribution in [0.5, 0.6) is 0 Å². The van der Waals surface area contributed by atoms with E-state index < -0.39 is 0 Å². The van der Waals surface area contributed by atoms with Crippen molar-refractivity contribution in [3.8, 4) is 0 Å². The van der Waals surface area contributed by atoms with E-state index in [9.17, 15) is 0 Å². The first-order valence-corrected chi connectivity index (χ1v) is 4.68. The average Bonchev–Trinajstić information content (AvgIpc) is 2.67. The van der Waals surface area contributed by atoms with Crippen molar-refractivity contribution >= 4 is 29.5 Å². The van der Waals surface area contributed by atoms with Crippen LogP contribution in [0, 0.1) is 0 Å². The lowest BCUT2D eigenvalue weighted by atomic mass is 10.3. The summed E-state index contributed by atoms with van der Waals surface area (Å²) in [6.07, 6.45) is 5.14. The molecule has 5 nitrogen and oxygen atoms in total. The third kappa shape index (κ3) is 2.95. The molecule has 0 saturated carbocycles. The Labute approximate surface area is 99.1 Å². The Kier molecular flexibility index (Phi) is 4.75. The maximum atomic E-state index is 5.25. The first-order chi connectivity index (χ1) is 7.40. The number of hydrogen-bond donors (Lipinski definition) is 2. The molecule has 0 fully saturated rings. The molecular weight excluding hydrogens is 228 g/mol. The lowest BCUT2D eigenvalue weighted by molar-refractivity contribution is 0.154. The van der Waals surface area contributed by atoms with Crippen LogP contribution in [0.3, 0.4) is 0 Å². The molecule has 16 heavy (non-hydrogen) atoms. The molecule has 2 aromatic heterocycles. The van der Waals surface area contributed by atoms with Crippen molar-refractivity contribution in [1.82, 2.24) is 9.97 Å². The number of H-pyrrole nitrogens is 1. The molecule has 0 amide bonds. The van der Waals surface area contributed by atoms with Gasteiger partial charge >= 0.3 is 0 Å². The van der Waals surface area contributed by atoms with Crippen LogP contribution in [0.15, 0.2) is 29.7 Å². The number of halogens is 1. The monoisotopic (exact) mass is 240 g/mol. The quantitative estimate of drug-likeness (QED) is 0.480. The van der Waals surface area contributed by atoms with Gasteiger partial charge in [0.25, 0.3) is 0 Å². The third-order valence-electron chi connectivity index (χ3n) is 1.92. The summed E-state index contributed by atoms with van der Waals surface area (Å²) in [4.78, 5) is 12.1. The first kappa shape index (κ1) is 12.5. The molecule has 2 aromatic rings. The van der Waals surface area contributed by atoms with Gasteiger partial charge in [0.2, 0.25) is 0 Å². The Balaban J connectivity index is 0.00000128. The maximum Gasteiger partial charge on any atom is 0.129 e. The van der Waals surface area contributed by atoms with Gasteiger partial charge in [-0.1, -0.05) is 5.16 Å². The van der Waals surface area contributed by atoms with Crippen molar-refractivity contribution in [1.29, 1.82) is 0 Å². The van der Waals surface area contributed by atoms with Gasteiger partial charge in [-0.2, -0.15) is 0 Å². The molecule has 86 valence electrons. The van der Waals surface area contributed by atoms with Crippen molar-refractivity contribution in [3.63, 3.8) is 0 Å². The Bertz CT molecular complexity index is 436. The molecule has 0 atom stereocenters. The fourth-order valence-corrected chi connectivity index (χ4v) is 1.26. The number of aromatic nitrogens is 2. The van der Waals surface area contributed by atoms with E-state index in [1.807, 2.05) is 12.1 Å². The Morgan fingerprint density at radius 2 is 2.44 bits per heavy atom. The molecular formula is C10H13ClN4O. The smallest absolute Gasteiger partial charge is 0.129 e. The van der Waals surface area contributed by atoms with Crippen molar-refractivity contribution in [2.24, 2.45) is 10.9 Å². The lowest BCUT2D eigenvalue weighted by Crippen LogP contribution is -2.05. The Morgan fingerprint density at radius 1 is 1.56 bits per heavy atom. The zero-order chi connectivity index (χ0) is 10.5. The number of nitrogens with one attached hydrogen (secondary N) is 1. The molecule has 3 N–H and O–H groups in total. The van der Waals surface area contributed by atoms with Gasteiger partial charge in [0, 0.05) is 18.1 Å². The number of nitrogens with zero attached hydrogens (tertiary/aromatic N) is 2. The van der Waals surface area contributed by atoms with E-state index in [-0.39, 0.29) is 12.4 Å². The predicted octanol–water partition coefficient (Wildman–Crippen LogP) is 1.29. The van der Waals surface area contributed by atoms with Crippen LogP contribution >= 0.6 is 12.4 Å². The van der Waals surface area contributed by atoms with Crippen molar-refractivity contribution in [2.75, 3.05) is 13.2 Å². The minimum Gasteiger partial charge on any atom is -0.394 e. The largest absolute Gasteiger partial charge is 0.394 e. The fourth-order valence-electron chi connectivity index (χ4n) is 1.26. The van der Waals surface area contributed by atoms with E-state index in [1.165, 1.54) is 0 Å². The summed E-state index contributed by atoms with van der Waals surface area (Å²) in [6.45, 7) is 0.895. The summed E-state index contributed by atoms with van der Waals surface area (Å²) >= 11 is 0. The molecule has 0 aliphatic heterocycles. The molecule has 0 aliphatic carbocycles. The van der Waals surface area contributed by atoms with Gasteiger partial charge < -0.3 is 15.6 Å². The number of nitrogens with two attached hydrogens (primary N) is 1. The maximum absolute atomic E-state index is 5.25. The molecule has 0 aromatic carbocycles. The van der Waals surface area contributed by atoms with E-state index in [0.717, 1.165) is 16.6 Å². The second-order valence-electron chi connectivity index (χ2n) is 3.04. The number of oxime groups is 1. The summed E-state index contributed by atoms with van der Waals surface area (Å²) in [5, 5.41) is 4.87. The van der Waals surface area contributed by atoms with Crippen molar-refractivity contribution in [3.05, 3.63) is 30.2 Å². The number of hydrogen-bond acceptors (Lipinski definition) is 4. The van der Waals surface area contributed by atoms with Crippen LogP contribution in [-0.4, -0.2) is 29.3 Å². The van der Waals surface area contributed by atoms with Crippen LogP contribution < -0.4 is 5.73 Å². The van der Waals surface area contributed by atoms with Crippen LogP contribution in [0.1, 0.15) is 5.69 Å². The van der Waals surface area contributed by atoms with Gasteiger partial charge in [-0.3, -0.25) is 4.98 Å². The topological polar surface area (TPSA) is 76.3 Å². The summed E-state index contributed by atoms with van der Waals surface area (Å²) in [7, 11) is 0. The van der Waals surface area contributed by atoms with E-state index in [0.29, 0.717) is 13.2 Å². The minimum absolute atomic E-state index is 0. The van der Waals surface area contributed by atoms with Gasteiger partial charge in [-0.05, 0) is 12.1 Å². The van der Waals surface area contributed by atoms with Gasteiger partial charge in [0.1, 0.15) is 6.61 Å². The number of rotatable bonds is 4. The zero-order valence-electron chi connectivity index (χ0n) is 8.59. The standard InChI is InChI=1S/C10H12N4O.ClH/c11-2-4-15-13-6-9-5-8-1-3-12-7-10(8)14-9;/h1,3,5-7,14H,2,4,11H2;1H. The van der Waals surface area contributed by atoms with E-state index in [2.05, 4.69) is 15.1 Å². The first-order valence-electron chi connectivity index (χ1n) is 4.68. The van der Waals surface area contributed by atoms with Crippen molar-refractivity contribution in [2.45, 2.75) is 0 Å².